The number of thioether (sulfide) groups is 1. The average Bonchev–Trinajstić information content (AvgIpc) is 2.71. The van der Waals surface area contributed by atoms with Crippen LogP contribution in [0.15, 0.2) is 65.7 Å². The molecule has 2 amide bonds. The summed E-state index contributed by atoms with van der Waals surface area (Å²) in [6.07, 6.45) is -2.93. The van der Waals surface area contributed by atoms with Gasteiger partial charge >= 0.3 is 6.18 Å². The topological polar surface area (TPSA) is 62.3 Å². The lowest BCUT2D eigenvalue weighted by Crippen LogP contribution is -2.36. The SMILES string of the molecule is CN(CC(=O)Nc1ccccc1C(F)(F)F)C(=O)CSc1ccnc2ccccc12. The first-order valence-corrected chi connectivity index (χ1v) is 9.91. The number of hydrogen-bond acceptors (Lipinski definition) is 4. The van der Waals surface area contributed by atoms with E-state index in [0.717, 1.165) is 21.9 Å². The predicted octanol–water partition coefficient (Wildman–Crippen LogP) is 4.44. The van der Waals surface area contributed by atoms with Gasteiger partial charge in [-0.05, 0) is 24.3 Å². The normalized spacial score (nSPS) is 11.3. The van der Waals surface area contributed by atoms with Crippen LogP contribution in [0.3, 0.4) is 0 Å². The molecule has 9 heteroatoms. The molecule has 1 N–H and O–H groups in total. The third-order valence-electron chi connectivity index (χ3n) is 4.27. The molecule has 156 valence electrons. The van der Waals surface area contributed by atoms with Gasteiger partial charge < -0.3 is 10.2 Å². The Bertz CT molecular complexity index is 1070. The largest absolute Gasteiger partial charge is 0.418 e. The second-order valence-electron chi connectivity index (χ2n) is 6.46. The molecule has 0 unspecified atom stereocenters. The summed E-state index contributed by atoms with van der Waals surface area (Å²) in [5.41, 5.74) is -0.466. The molecule has 0 atom stereocenters. The van der Waals surface area contributed by atoms with Crippen molar-refractivity contribution in [2.45, 2.75) is 11.1 Å². The number of aromatic nitrogens is 1. The molecule has 0 aliphatic carbocycles. The number of rotatable bonds is 6. The molecule has 0 radical (unpaired) electrons. The van der Waals surface area contributed by atoms with Gasteiger partial charge in [-0.25, -0.2) is 0 Å². The predicted molar refractivity (Wildman–Crippen MR) is 110 cm³/mol. The van der Waals surface area contributed by atoms with E-state index in [-0.39, 0.29) is 23.9 Å². The number of likely N-dealkylation sites (N-methyl/N-ethyl adjacent to an activating group) is 1. The van der Waals surface area contributed by atoms with Crippen molar-refractivity contribution in [3.05, 3.63) is 66.4 Å². The van der Waals surface area contributed by atoms with Crippen molar-refractivity contribution >= 4 is 40.2 Å². The van der Waals surface area contributed by atoms with E-state index in [9.17, 15) is 22.8 Å². The van der Waals surface area contributed by atoms with Gasteiger partial charge in [0, 0.05) is 23.5 Å². The molecule has 0 aliphatic rings. The summed E-state index contributed by atoms with van der Waals surface area (Å²) >= 11 is 1.31. The van der Waals surface area contributed by atoms with E-state index in [1.807, 2.05) is 24.3 Å². The summed E-state index contributed by atoms with van der Waals surface area (Å²) in [6, 6.07) is 14.0. The van der Waals surface area contributed by atoms with E-state index >= 15 is 0 Å². The number of halogens is 3. The number of alkyl halides is 3. The van der Waals surface area contributed by atoms with Crippen molar-refractivity contribution in [1.82, 2.24) is 9.88 Å². The van der Waals surface area contributed by atoms with Crippen LogP contribution in [-0.4, -0.2) is 41.0 Å². The molecule has 0 aliphatic heterocycles. The summed E-state index contributed by atoms with van der Waals surface area (Å²) < 4.78 is 39.1. The lowest BCUT2D eigenvalue weighted by Gasteiger charge is -2.18. The van der Waals surface area contributed by atoms with Gasteiger partial charge in [0.05, 0.1) is 29.1 Å². The fourth-order valence-corrected chi connectivity index (χ4v) is 3.76. The molecule has 5 nitrogen and oxygen atoms in total. The second kappa shape index (κ2) is 9.17. The van der Waals surface area contributed by atoms with Crippen LogP contribution in [0.25, 0.3) is 10.9 Å². The molecule has 0 saturated carbocycles. The highest BCUT2D eigenvalue weighted by atomic mass is 32.2. The summed E-state index contributed by atoms with van der Waals surface area (Å²) in [5.74, 6) is -0.946. The van der Waals surface area contributed by atoms with Crippen LogP contribution in [0.5, 0.6) is 0 Å². The van der Waals surface area contributed by atoms with Crippen LogP contribution >= 0.6 is 11.8 Å². The second-order valence-corrected chi connectivity index (χ2v) is 7.47. The van der Waals surface area contributed by atoms with E-state index in [2.05, 4.69) is 10.3 Å². The first-order valence-electron chi connectivity index (χ1n) is 8.92. The number of benzene rings is 2. The Morgan fingerprint density at radius 3 is 2.53 bits per heavy atom. The zero-order valence-corrected chi connectivity index (χ0v) is 16.8. The van der Waals surface area contributed by atoms with Crippen molar-refractivity contribution < 1.29 is 22.8 Å². The van der Waals surface area contributed by atoms with Crippen LogP contribution in [0, 0.1) is 0 Å². The van der Waals surface area contributed by atoms with Gasteiger partial charge in [-0.2, -0.15) is 13.2 Å². The van der Waals surface area contributed by atoms with E-state index in [4.69, 9.17) is 0 Å². The maximum Gasteiger partial charge on any atom is 0.418 e. The third kappa shape index (κ3) is 5.29. The minimum Gasteiger partial charge on any atom is -0.336 e. The average molecular weight is 433 g/mol. The van der Waals surface area contributed by atoms with Crippen LogP contribution in [0.2, 0.25) is 0 Å². The molecule has 3 aromatic rings. The van der Waals surface area contributed by atoms with E-state index in [1.165, 1.54) is 41.9 Å². The van der Waals surface area contributed by atoms with Crippen molar-refractivity contribution in [2.75, 3.05) is 24.7 Å². The molecule has 0 saturated heterocycles. The van der Waals surface area contributed by atoms with Gasteiger partial charge in [-0.3, -0.25) is 14.6 Å². The third-order valence-corrected chi connectivity index (χ3v) is 5.33. The zero-order valence-electron chi connectivity index (χ0n) is 15.9. The lowest BCUT2D eigenvalue weighted by atomic mass is 10.1. The van der Waals surface area contributed by atoms with Crippen LogP contribution in [0.1, 0.15) is 5.56 Å². The van der Waals surface area contributed by atoms with Crippen molar-refractivity contribution in [1.29, 1.82) is 0 Å². The van der Waals surface area contributed by atoms with Crippen LogP contribution in [0.4, 0.5) is 18.9 Å². The minimum atomic E-state index is -4.59. The van der Waals surface area contributed by atoms with E-state index in [0.29, 0.717) is 0 Å². The number of nitrogens with one attached hydrogen (secondary N) is 1. The van der Waals surface area contributed by atoms with Gasteiger partial charge in [0.2, 0.25) is 11.8 Å². The standard InChI is InChI=1S/C21H18F3N3O2S/c1-27(12-19(28)26-17-9-5-3-7-15(17)21(22,23)24)20(29)13-30-18-10-11-25-16-8-4-2-6-14(16)18/h2-11H,12-13H2,1H3,(H,26,28). The summed E-state index contributed by atoms with van der Waals surface area (Å²) in [7, 11) is 1.43. The Balaban J connectivity index is 1.59. The number of para-hydroxylation sites is 2. The first kappa shape index (κ1) is 21.6. The maximum atomic E-state index is 13.0. The Morgan fingerprint density at radius 1 is 1.07 bits per heavy atom. The number of nitrogens with zero attached hydrogens (tertiary/aromatic N) is 2. The molecule has 0 fully saturated rings. The minimum absolute atomic E-state index is 0.0803. The highest BCUT2D eigenvalue weighted by Gasteiger charge is 2.33. The number of fused-ring (bicyclic) bond motifs is 1. The van der Waals surface area contributed by atoms with Crippen molar-refractivity contribution in [2.24, 2.45) is 0 Å². The number of hydrogen-bond donors (Lipinski definition) is 1. The smallest absolute Gasteiger partial charge is 0.336 e. The highest BCUT2D eigenvalue weighted by Crippen LogP contribution is 2.34. The highest BCUT2D eigenvalue weighted by molar-refractivity contribution is 8.00. The lowest BCUT2D eigenvalue weighted by molar-refractivity contribution is -0.137. The van der Waals surface area contributed by atoms with E-state index < -0.39 is 17.6 Å². The van der Waals surface area contributed by atoms with Crippen molar-refractivity contribution in [3.8, 4) is 0 Å². The Kier molecular flexibility index (Phi) is 6.61. The molecule has 0 spiro atoms. The van der Waals surface area contributed by atoms with E-state index in [1.54, 1.807) is 12.3 Å². The Hall–Kier alpha value is -3.07. The molecular weight excluding hydrogens is 415 g/mol. The Labute approximate surface area is 175 Å². The van der Waals surface area contributed by atoms with Gasteiger partial charge in [-0.15, -0.1) is 11.8 Å². The molecule has 30 heavy (non-hydrogen) atoms. The van der Waals surface area contributed by atoms with Crippen LogP contribution in [-0.2, 0) is 15.8 Å². The summed E-state index contributed by atoms with van der Waals surface area (Å²) in [4.78, 5) is 30.9. The quantitative estimate of drug-likeness (QED) is 0.584. The van der Waals surface area contributed by atoms with Gasteiger partial charge in [-0.1, -0.05) is 30.3 Å². The molecule has 3 rings (SSSR count). The first-order chi connectivity index (χ1) is 14.3. The summed E-state index contributed by atoms with van der Waals surface area (Å²) in [5, 5.41) is 3.15. The number of amides is 2. The molecule has 2 aromatic carbocycles. The molecular formula is C21H18F3N3O2S. The van der Waals surface area contributed by atoms with Gasteiger partial charge in [0.25, 0.3) is 0 Å². The van der Waals surface area contributed by atoms with Crippen LogP contribution < -0.4 is 5.32 Å². The zero-order chi connectivity index (χ0) is 21.7. The number of anilines is 1. The molecule has 0 bridgehead atoms. The summed E-state index contributed by atoms with van der Waals surface area (Å²) in [6.45, 7) is -0.358. The van der Waals surface area contributed by atoms with Gasteiger partial charge in [0.15, 0.2) is 0 Å². The van der Waals surface area contributed by atoms with Crippen molar-refractivity contribution in [3.63, 3.8) is 0 Å². The molecule has 1 aromatic heterocycles. The fraction of sp³-hybridized carbons (Fsp3) is 0.190. The number of carbonyl (C=O) groups is 2. The Morgan fingerprint density at radius 2 is 1.77 bits per heavy atom. The number of carbonyl (C=O) groups excluding carboxylic acids is 2. The monoisotopic (exact) mass is 433 g/mol. The number of pyridine rings is 1. The molecule has 1 heterocycles. The maximum absolute atomic E-state index is 13.0. The fourth-order valence-electron chi connectivity index (χ4n) is 2.78. The van der Waals surface area contributed by atoms with Gasteiger partial charge in [0.1, 0.15) is 0 Å².